The second-order valence-corrected chi connectivity index (χ2v) is 8.41. The van der Waals surface area contributed by atoms with Gasteiger partial charge >= 0.3 is 0 Å². The van der Waals surface area contributed by atoms with Crippen LogP contribution in [-0.2, 0) is 13.2 Å². The lowest BCUT2D eigenvalue weighted by atomic mass is 10.0. The van der Waals surface area contributed by atoms with Crippen molar-refractivity contribution < 1.29 is 9.47 Å². The molecule has 0 aliphatic carbocycles. The summed E-state index contributed by atoms with van der Waals surface area (Å²) in [6.45, 7) is 9.48. The molecule has 4 aromatic carbocycles. The summed E-state index contributed by atoms with van der Waals surface area (Å²) < 4.78 is 12.2. The number of hydrogen-bond donors (Lipinski definition) is 0. The SMILES string of the molecule is Cc1cccc(C)c1OCc1ccc(-c2ccc(COc3c(C)cccc3C)cc2)cc1. The highest BCUT2D eigenvalue weighted by atomic mass is 16.5. The molecule has 0 amide bonds. The molecule has 4 rings (SSSR count). The van der Waals surface area contributed by atoms with Crippen molar-refractivity contribution in [3.05, 3.63) is 118 Å². The molecule has 0 atom stereocenters. The van der Waals surface area contributed by atoms with E-state index in [0.29, 0.717) is 13.2 Å². The van der Waals surface area contributed by atoms with Gasteiger partial charge in [0.2, 0.25) is 0 Å². The molecular formula is C30H30O2. The smallest absolute Gasteiger partial charge is 0.125 e. The van der Waals surface area contributed by atoms with Gasteiger partial charge in [-0.3, -0.25) is 0 Å². The summed E-state index contributed by atoms with van der Waals surface area (Å²) in [5.74, 6) is 1.96. The van der Waals surface area contributed by atoms with Crippen LogP contribution in [-0.4, -0.2) is 0 Å². The number of aryl methyl sites for hydroxylation is 4. The second kappa shape index (κ2) is 9.74. The molecule has 32 heavy (non-hydrogen) atoms. The Hall–Kier alpha value is -3.52. The molecule has 0 N–H and O–H groups in total. The van der Waals surface area contributed by atoms with E-state index in [9.17, 15) is 0 Å². The zero-order valence-corrected chi connectivity index (χ0v) is 19.3. The minimum absolute atomic E-state index is 0.570. The van der Waals surface area contributed by atoms with Crippen LogP contribution >= 0.6 is 0 Å². The molecule has 0 fully saturated rings. The van der Waals surface area contributed by atoms with Crippen molar-refractivity contribution in [2.75, 3.05) is 0 Å². The molecule has 0 aromatic heterocycles. The van der Waals surface area contributed by atoms with E-state index in [1.165, 1.54) is 33.4 Å². The molecule has 0 unspecified atom stereocenters. The maximum absolute atomic E-state index is 6.08. The standard InChI is InChI=1S/C30H30O2/c1-21-7-5-8-22(2)29(21)31-19-25-11-15-27(16-12-25)28-17-13-26(14-18-28)20-32-30-23(3)9-6-10-24(30)4/h5-18H,19-20H2,1-4H3. The monoisotopic (exact) mass is 422 g/mol. The first kappa shape index (κ1) is 21.7. The van der Waals surface area contributed by atoms with E-state index in [4.69, 9.17) is 9.47 Å². The fourth-order valence-electron chi connectivity index (χ4n) is 3.95. The Morgan fingerprint density at radius 3 is 1.06 bits per heavy atom. The zero-order valence-electron chi connectivity index (χ0n) is 19.3. The quantitative estimate of drug-likeness (QED) is 0.303. The summed E-state index contributed by atoms with van der Waals surface area (Å²) in [6, 6.07) is 29.7. The molecule has 0 radical (unpaired) electrons. The molecule has 2 heteroatoms. The van der Waals surface area contributed by atoms with E-state index < -0.39 is 0 Å². The van der Waals surface area contributed by atoms with Crippen LogP contribution in [0.2, 0.25) is 0 Å². The molecule has 0 heterocycles. The van der Waals surface area contributed by atoms with E-state index in [1.54, 1.807) is 0 Å². The third-order valence-corrected chi connectivity index (χ3v) is 5.83. The summed E-state index contributed by atoms with van der Waals surface area (Å²) >= 11 is 0. The van der Waals surface area contributed by atoms with Crippen LogP contribution in [0.4, 0.5) is 0 Å². The molecular weight excluding hydrogens is 392 g/mol. The van der Waals surface area contributed by atoms with E-state index >= 15 is 0 Å². The number of rotatable bonds is 7. The van der Waals surface area contributed by atoms with Gasteiger partial charge in [-0.05, 0) is 72.2 Å². The largest absolute Gasteiger partial charge is 0.488 e. The lowest BCUT2D eigenvalue weighted by Crippen LogP contribution is -1.99. The minimum atomic E-state index is 0.570. The van der Waals surface area contributed by atoms with Crippen molar-refractivity contribution in [1.82, 2.24) is 0 Å². The number of benzene rings is 4. The molecule has 0 aliphatic heterocycles. The third kappa shape index (κ3) is 5.03. The number of ether oxygens (including phenoxy) is 2. The van der Waals surface area contributed by atoms with Crippen molar-refractivity contribution in [2.24, 2.45) is 0 Å². The van der Waals surface area contributed by atoms with Crippen molar-refractivity contribution in [3.63, 3.8) is 0 Å². The molecule has 0 aliphatic rings. The van der Waals surface area contributed by atoms with Gasteiger partial charge in [-0.15, -0.1) is 0 Å². The molecule has 162 valence electrons. The minimum Gasteiger partial charge on any atom is -0.488 e. The van der Waals surface area contributed by atoms with Crippen LogP contribution in [0.1, 0.15) is 33.4 Å². The van der Waals surface area contributed by atoms with E-state index in [2.05, 4.69) is 113 Å². The summed E-state index contributed by atoms with van der Waals surface area (Å²) in [6.07, 6.45) is 0. The van der Waals surface area contributed by atoms with Gasteiger partial charge in [0.1, 0.15) is 24.7 Å². The van der Waals surface area contributed by atoms with E-state index in [1.807, 2.05) is 0 Å². The number of para-hydroxylation sites is 2. The zero-order chi connectivity index (χ0) is 22.5. The molecule has 0 saturated heterocycles. The van der Waals surface area contributed by atoms with E-state index in [0.717, 1.165) is 22.6 Å². The first-order valence-electron chi connectivity index (χ1n) is 11.1. The predicted octanol–water partition coefficient (Wildman–Crippen LogP) is 7.75. The highest BCUT2D eigenvalue weighted by Crippen LogP contribution is 2.26. The summed E-state index contributed by atoms with van der Waals surface area (Å²) in [4.78, 5) is 0. The molecule has 2 nitrogen and oxygen atoms in total. The Kier molecular flexibility index (Phi) is 6.61. The van der Waals surface area contributed by atoms with Gasteiger partial charge < -0.3 is 9.47 Å². The highest BCUT2D eigenvalue weighted by molar-refractivity contribution is 5.64. The Bertz CT molecular complexity index is 1050. The lowest BCUT2D eigenvalue weighted by molar-refractivity contribution is 0.302. The van der Waals surface area contributed by atoms with Crippen LogP contribution in [0, 0.1) is 27.7 Å². The van der Waals surface area contributed by atoms with Crippen LogP contribution in [0.5, 0.6) is 11.5 Å². The fraction of sp³-hybridized carbons (Fsp3) is 0.200. The summed E-state index contributed by atoms with van der Waals surface area (Å²) in [5, 5.41) is 0. The van der Waals surface area contributed by atoms with Crippen LogP contribution in [0.25, 0.3) is 11.1 Å². The fourth-order valence-corrected chi connectivity index (χ4v) is 3.95. The lowest BCUT2D eigenvalue weighted by Gasteiger charge is -2.13. The van der Waals surface area contributed by atoms with Gasteiger partial charge in [0.15, 0.2) is 0 Å². The van der Waals surface area contributed by atoms with Gasteiger partial charge in [-0.25, -0.2) is 0 Å². The van der Waals surface area contributed by atoms with Crippen molar-refractivity contribution in [3.8, 4) is 22.6 Å². The normalized spacial score (nSPS) is 10.8. The topological polar surface area (TPSA) is 18.5 Å². The van der Waals surface area contributed by atoms with Crippen LogP contribution in [0.3, 0.4) is 0 Å². The van der Waals surface area contributed by atoms with Crippen molar-refractivity contribution >= 4 is 0 Å². The van der Waals surface area contributed by atoms with Crippen molar-refractivity contribution in [2.45, 2.75) is 40.9 Å². The van der Waals surface area contributed by atoms with Gasteiger partial charge in [0.05, 0.1) is 0 Å². The third-order valence-electron chi connectivity index (χ3n) is 5.83. The van der Waals surface area contributed by atoms with Crippen LogP contribution in [0.15, 0.2) is 84.9 Å². The predicted molar refractivity (Wildman–Crippen MR) is 132 cm³/mol. The average Bonchev–Trinajstić information content (AvgIpc) is 2.79. The summed E-state index contributed by atoms with van der Waals surface area (Å²) in [5.41, 5.74) is 9.40. The Morgan fingerprint density at radius 2 is 0.750 bits per heavy atom. The number of hydrogen-bond acceptors (Lipinski definition) is 2. The maximum atomic E-state index is 6.08. The van der Waals surface area contributed by atoms with Gasteiger partial charge in [-0.1, -0.05) is 84.9 Å². The van der Waals surface area contributed by atoms with Crippen LogP contribution < -0.4 is 9.47 Å². The van der Waals surface area contributed by atoms with Gasteiger partial charge in [-0.2, -0.15) is 0 Å². The Balaban J connectivity index is 1.38. The first-order valence-corrected chi connectivity index (χ1v) is 11.1. The Morgan fingerprint density at radius 1 is 0.438 bits per heavy atom. The Labute approximate surface area is 191 Å². The molecule has 0 saturated carbocycles. The van der Waals surface area contributed by atoms with Gasteiger partial charge in [0, 0.05) is 0 Å². The molecule has 4 aromatic rings. The highest BCUT2D eigenvalue weighted by Gasteiger charge is 2.06. The van der Waals surface area contributed by atoms with E-state index in [-0.39, 0.29) is 0 Å². The van der Waals surface area contributed by atoms with Crippen molar-refractivity contribution in [1.29, 1.82) is 0 Å². The second-order valence-electron chi connectivity index (χ2n) is 8.41. The van der Waals surface area contributed by atoms with Gasteiger partial charge in [0.25, 0.3) is 0 Å². The molecule has 0 bridgehead atoms. The maximum Gasteiger partial charge on any atom is 0.125 e. The molecule has 0 spiro atoms. The first-order chi connectivity index (χ1) is 15.5. The average molecular weight is 423 g/mol. The summed E-state index contributed by atoms with van der Waals surface area (Å²) in [7, 11) is 0.